The monoisotopic (exact) mass is 305 g/mol. The first-order valence-electron chi connectivity index (χ1n) is 7.26. The van der Waals surface area contributed by atoms with Crippen LogP contribution >= 0.6 is 23.6 Å². The summed E-state index contributed by atoms with van der Waals surface area (Å²) in [4.78, 5) is 4.23. The van der Waals surface area contributed by atoms with E-state index in [1.54, 1.807) is 10.4 Å². The van der Waals surface area contributed by atoms with E-state index in [0.717, 1.165) is 23.9 Å². The second-order valence-electron chi connectivity index (χ2n) is 5.95. The van der Waals surface area contributed by atoms with Crippen molar-refractivity contribution in [2.24, 2.45) is 13.0 Å². The zero-order valence-corrected chi connectivity index (χ0v) is 13.3. The molecule has 2 aromatic heterocycles. The van der Waals surface area contributed by atoms with Crippen molar-refractivity contribution < 1.29 is 0 Å². The van der Waals surface area contributed by atoms with Gasteiger partial charge >= 0.3 is 0 Å². The number of imidazole rings is 1. The number of thiophene rings is 1. The van der Waals surface area contributed by atoms with Crippen molar-refractivity contribution in [2.45, 2.75) is 32.0 Å². The molecule has 0 bridgehead atoms. The fraction of sp³-hybridized carbons (Fsp3) is 0.533. The Bertz CT molecular complexity index is 677. The van der Waals surface area contributed by atoms with Crippen LogP contribution in [0.3, 0.4) is 0 Å². The molecule has 0 amide bonds. The highest BCUT2D eigenvalue weighted by Gasteiger charge is 2.39. The molecule has 0 aromatic carbocycles. The molecule has 1 aliphatic carbocycles. The van der Waals surface area contributed by atoms with Crippen LogP contribution in [0, 0.1) is 10.7 Å². The number of nitrogens with zero attached hydrogens (tertiary/aromatic N) is 3. The van der Waals surface area contributed by atoms with Crippen LogP contribution < -0.4 is 0 Å². The van der Waals surface area contributed by atoms with Gasteiger partial charge in [-0.3, -0.25) is 4.90 Å². The third-order valence-electron chi connectivity index (χ3n) is 4.54. The summed E-state index contributed by atoms with van der Waals surface area (Å²) in [5, 5.41) is 2.26. The molecule has 3 nitrogen and oxygen atoms in total. The van der Waals surface area contributed by atoms with E-state index in [0.29, 0.717) is 6.04 Å². The molecule has 20 heavy (non-hydrogen) atoms. The first-order chi connectivity index (χ1) is 9.74. The summed E-state index contributed by atoms with van der Waals surface area (Å²) in [6.07, 6.45) is 8.12. The van der Waals surface area contributed by atoms with E-state index in [4.69, 9.17) is 12.2 Å². The van der Waals surface area contributed by atoms with Crippen LogP contribution in [0.4, 0.5) is 0 Å². The highest BCUT2D eigenvalue weighted by atomic mass is 32.1. The number of hydrogen-bond donors (Lipinski definition) is 0. The maximum Gasteiger partial charge on any atom is 0.180 e. The van der Waals surface area contributed by atoms with Gasteiger partial charge in [-0.1, -0.05) is 0 Å². The van der Waals surface area contributed by atoms with Gasteiger partial charge < -0.3 is 9.13 Å². The molecular formula is C15H19N3S2. The van der Waals surface area contributed by atoms with Gasteiger partial charge in [0, 0.05) is 36.9 Å². The van der Waals surface area contributed by atoms with Crippen molar-refractivity contribution in [2.75, 3.05) is 6.54 Å². The van der Waals surface area contributed by atoms with Gasteiger partial charge in [-0.2, -0.15) is 0 Å². The molecule has 3 heterocycles. The molecule has 2 aromatic rings. The van der Waals surface area contributed by atoms with Crippen molar-refractivity contribution in [3.05, 3.63) is 39.1 Å². The second kappa shape index (κ2) is 4.83. The number of fused-ring (bicyclic) bond motifs is 1. The van der Waals surface area contributed by atoms with Crippen LogP contribution in [-0.4, -0.2) is 20.6 Å². The molecule has 4 rings (SSSR count). The summed E-state index contributed by atoms with van der Waals surface area (Å²) in [6, 6.07) is 2.96. The highest BCUT2D eigenvalue weighted by molar-refractivity contribution is 7.71. The average Bonchev–Trinajstić information content (AvgIpc) is 3.09. The summed E-state index contributed by atoms with van der Waals surface area (Å²) in [5.41, 5.74) is 1.59. The smallest absolute Gasteiger partial charge is 0.180 e. The van der Waals surface area contributed by atoms with Crippen LogP contribution in [0.2, 0.25) is 0 Å². The minimum Gasteiger partial charge on any atom is -0.327 e. The summed E-state index contributed by atoms with van der Waals surface area (Å²) in [6.45, 7) is 2.08. The maximum atomic E-state index is 5.48. The van der Waals surface area contributed by atoms with Gasteiger partial charge in [0.05, 0.1) is 6.67 Å². The first-order valence-corrected chi connectivity index (χ1v) is 8.55. The predicted octanol–water partition coefficient (Wildman–Crippen LogP) is 3.58. The molecule has 1 aliphatic heterocycles. The molecule has 0 spiro atoms. The van der Waals surface area contributed by atoms with Crippen molar-refractivity contribution >= 4 is 23.6 Å². The SMILES string of the molecule is Cn1ccn(CN2CCc3sccc3[C@H]2C2CC2)c1=S. The quantitative estimate of drug-likeness (QED) is 0.804. The Morgan fingerprint density at radius 3 is 2.90 bits per heavy atom. The van der Waals surface area contributed by atoms with Gasteiger partial charge in [0.25, 0.3) is 0 Å². The molecule has 5 heteroatoms. The normalized spacial score (nSPS) is 22.9. The Morgan fingerprint density at radius 2 is 2.20 bits per heavy atom. The van der Waals surface area contributed by atoms with Crippen molar-refractivity contribution in [1.82, 2.24) is 14.0 Å². The third-order valence-corrected chi connectivity index (χ3v) is 6.06. The Kier molecular flexibility index (Phi) is 3.09. The lowest BCUT2D eigenvalue weighted by Gasteiger charge is -2.36. The lowest BCUT2D eigenvalue weighted by atomic mass is 9.96. The lowest BCUT2D eigenvalue weighted by molar-refractivity contribution is 0.124. The number of aryl methyl sites for hydroxylation is 1. The number of rotatable bonds is 3. The van der Waals surface area contributed by atoms with Crippen LogP contribution in [0.25, 0.3) is 0 Å². The van der Waals surface area contributed by atoms with E-state index in [1.165, 1.54) is 19.3 Å². The van der Waals surface area contributed by atoms with Crippen molar-refractivity contribution in [3.63, 3.8) is 0 Å². The Balaban J connectivity index is 1.64. The van der Waals surface area contributed by atoms with E-state index < -0.39 is 0 Å². The fourth-order valence-electron chi connectivity index (χ4n) is 3.33. The standard InChI is InChI=1S/C15H19N3S2/c1-16-7-8-18(15(16)19)10-17-6-4-13-12(5-9-20-13)14(17)11-2-3-11/h5,7-9,11,14H,2-4,6,10H2,1H3/t14-/m1/s1. The molecular weight excluding hydrogens is 286 g/mol. The summed E-state index contributed by atoms with van der Waals surface area (Å²) < 4.78 is 5.12. The average molecular weight is 305 g/mol. The zero-order valence-electron chi connectivity index (χ0n) is 11.7. The van der Waals surface area contributed by atoms with Gasteiger partial charge in [-0.15, -0.1) is 11.3 Å². The van der Waals surface area contributed by atoms with Crippen LogP contribution in [-0.2, 0) is 20.1 Å². The van der Waals surface area contributed by atoms with Gasteiger partial charge in [-0.05, 0) is 54.4 Å². The predicted molar refractivity (Wildman–Crippen MR) is 84.4 cm³/mol. The maximum absolute atomic E-state index is 5.48. The molecule has 0 saturated heterocycles. The molecule has 1 fully saturated rings. The fourth-order valence-corrected chi connectivity index (χ4v) is 4.43. The number of hydrogen-bond acceptors (Lipinski definition) is 3. The Labute approximate surface area is 128 Å². The van der Waals surface area contributed by atoms with E-state index >= 15 is 0 Å². The van der Waals surface area contributed by atoms with Crippen molar-refractivity contribution in [3.8, 4) is 0 Å². The summed E-state index contributed by atoms with van der Waals surface area (Å²) in [5.74, 6) is 0.863. The van der Waals surface area contributed by atoms with E-state index in [2.05, 4.69) is 33.3 Å². The van der Waals surface area contributed by atoms with Gasteiger partial charge in [0.1, 0.15) is 0 Å². The van der Waals surface area contributed by atoms with E-state index in [1.807, 2.05) is 23.0 Å². The van der Waals surface area contributed by atoms with Crippen LogP contribution in [0.15, 0.2) is 23.8 Å². The first kappa shape index (κ1) is 12.8. The Morgan fingerprint density at radius 1 is 1.35 bits per heavy atom. The van der Waals surface area contributed by atoms with E-state index in [-0.39, 0.29) is 0 Å². The van der Waals surface area contributed by atoms with Gasteiger partial charge in [0.2, 0.25) is 0 Å². The van der Waals surface area contributed by atoms with Crippen molar-refractivity contribution in [1.29, 1.82) is 0 Å². The van der Waals surface area contributed by atoms with Crippen LogP contribution in [0.5, 0.6) is 0 Å². The highest BCUT2D eigenvalue weighted by Crippen LogP contribution is 2.48. The van der Waals surface area contributed by atoms with Crippen LogP contribution in [0.1, 0.15) is 29.3 Å². The summed E-state index contributed by atoms with van der Waals surface area (Å²) in [7, 11) is 2.02. The topological polar surface area (TPSA) is 13.1 Å². The molecule has 0 unspecified atom stereocenters. The number of aromatic nitrogens is 2. The Hall–Kier alpha value is -0.910. The minimum absolute atomic E-state index is 0.618. The zero-order chi connectivity index (χ0) is 13.7. The molecule has 0 radical (unpaired) electrons. The molecule has 2 aliphatic rings. The van der Waals surface area contributed by atoms with E-state index in [9.17, 15) is 0 Å². The lowest BCUT2D eigenvalue weighted by Crippen LogP contribution is -2.37. The summed E-state index contributed by atoms with van der Waals surface area (Å²) >= 11 is 7.41. The third kappa shape index (κ3) is 2.08. The molecule has 106 valence electrons. The van der Waals surface area contributed by atoms with Gasteiger partial charge in [0.15, 0.2) is 4.77 Å². The minimum atomic E-state index is 0.618. The molecule has 1 atom stereocenters. The molecule has 0 N–H and O–H groups in total. The van der Waals surface area contributed by atoms with Gasteiger partial charge in [-0.25, -0.2) is 0 Å². The molecule has 1 saturated carbocycles. The second-order valence-corrected chi connectivity index (χ2v) is 7.31. The largest absolute Gasteiger partial charge is 0.327 e.